The highest BCUT2D eigenvalue weighted by Gasteiger charge is 2.20. The molecule has 0 unspecified atom stereocenters. The van der Waals surface area contributed by atoms with Gasteiger partial charge in [-0.1, -0.05) is 0 Å². The van der Waals surface area contributed by atoms with Crippen molar-refractivity contribution in [2.75, 3.05) is 13.2 Å². The van der Waals surface area contributed by atoms with Crippen molar-refractivity contribution < 1.29 is 9.15 Å². The van der Waals surface area contributed by atoms with Gasteiger partial charge in [-0.3, -0.25) is 4.79 Å². The summed E-state index contributed by atoms with van der Waals surface area (Å²) < 4.78 is 12.2. The predicted molar refractivity (Wildman–Crippen MR) is 77.7 cm³/mol. The molecular formula is C15H15BrO3. The Hall–Kier alpha value is -1.13. The number of ether oxygens (including phenoxy) is 1. The number of benzene rings is 1. The van der Waals surface area contributed by atoms with E-state index in [0.29, 0.717) is 16.9 Å². The lowest BCUT2D eigenvalue weighted by molar-refractivity contribution is 0.0807. The van der Waals surface area contributed by atoms with E-state index in [4.69, 9.17) is 9.15 Å². The van der Waals surface area contributed by atoms with Gasteiger partial charge in [0.1, 0.15) is 5.76 Å². The molecule has 1 aliphatic heterocycles. The minimum Gasteiger partial charge on any atom is -0.459 e. The van der Waals surface area contributed by atoms with Gasteiger partial charge < -0.3 is 9.15 Å². The Morgan fingerprint density at radius 2 is 1.95 bits per heavy atom. The van der Waals surface area contributed by atoms with Crippen LogP contribution in [0.3, 0.4) is 0 Å². The summed E-state index contributed by atoms with van der Waals surface area (Å²) in [7, 11) is 0. The summed E-state index contributed by atoms with van der Waals surface area (Å²) in [6.45, 7) is 3.44. The summed E-state index contributed by atoms with van der Waals surface area (Å²) in [4.78, 5) is 12.2. The molecule has 1 saturated heterocycles. The number of aryl methyl sites for hydroxylation is 1. The average Bonchev–Trinajstić information content (AvgIpc) is 2.41. The van der Waals surface area contributed by atoms with Crippen molar-refractivity contribution in [3.63, 3.8) is 0 Å². The van der Waals surface area contributed by atoms with Crippen LogP contribution >= 0.6 is 15.9 Å². The topological polar surface area (TPSA) is 39.4 Å². The number of halogens is 1. The monoisotopic (exact) mass is 322 g/mol. The molecule has 2 heterocycles. The van der Waals surface area contributed by atoms with E-state index >= 15 is 0 Å². The molecule has 0 amide bonds. The van der Waals surface area contributed by atoms with Gasteiger partial charge in [0, 0.05) is 25.2 Å². The molecule has 2 aromatic rings. The van der Waals surface area contributed by atoms with Gasteiger partial charge in [0.25, 0.3) is 0 Å². The number of hydrogen-bond donors (Lipinski definition) is 0. The van der Waals surface area contributed by atoms with Crippen LogP contribution in [0.25, 0.3) is 11.0 Å². The lowest BCUT2D eigenvalue weighted by Crippen LogP contribution is -2.15. The number of rotatable bonds is 1. The molecule has 3 nitrogen and oxygen atoms in total. The highest BCUT2D eigenvalue weighted by atomic mass is 79.9. The van der Waals surface area contributed by atoms with Crippen molar-refractivity contribution >= 4 is 26.9 Å². The Kier molecular flexibility index (Phi) is 3.46. The molecule has 3 rings (SSSR count). The van der Waals surface area contributed by atoms with Crippen LogP contribution in [0.5, 0.6) is 0 Å². The SMILES string of the molecule is Cc1cc(Br)c2oc(C3CCOCC3)cc(=O)c2c1. The second-order valence-electron chi connectivity index (χ2n) is 5.02. The highest BCUT2D eigenvalue weighted by Crippen LogP contribution is 2.30. The lowest BCUT2D eigenvalue weighted by Gasteiger charge is -2.21. The molecule has 0 bridgehead atoms. The van der Waals surface area contributed by atoms with Crippen LogP contribution in [0.4, 0.5) is 0 Å². The lowest BCUT2D eigenvalue weighted by atomic mass is 9.96. The first-order chi connectivity index (χ1) is 9.15. The molecule has 1 aromatic heterocycles. The molecule has 1 fully saturated rings. The molecule has 0 N–H and O–H groups in total. The van der Waals surface area contributed by atoms with E-state index in [9.17, 15) is 4.79 Å². The zero-order chi connectivity index (χ0) is 13.4. The summed E-state index contributed by atoms with van der Waals surface area (Å²) in [5, 5.41) is 0.641. The Morgan fingerprint density at radius 3 is 2.68 bits per heavy atom. The molecular weight excluding hydrogens is 308 g/mol. The van der Waals surface area contributed by atoms with Gasteiger partial charge in [-0.2, -0.15) is 0 Å². The molecule has 1 aromatic carbocycles. The molecule has 100 valence electrons. The summed E-state index contributed by atoms with van der Waals surface area (Å²) in [6, 6.07) is 5.49. The molecule has 0 spiro atoms. The normalized spacial score (nSPS) is 16.9. The molecule has 0 aliphatic carbocycles. The molecule has 0 radical (unpaired) electrons. The van der Waals surface area contributed by atoms with E-state index in [1.54, 1.807) is 6.07 Å². The highest BCUT2D eigenvalue weighted by molar-refractivity contribution is 9.10. The van der Waals surface area contributed by atoms with Crippen molar-refractivity contribution in [3.8, 4) is 0 Å². The molecule has 19 heavy (non-hydrogen) atoms. The van der Waals surface area contributed by atoms with Gasteiger partial charge in [0.05, 0.1) is 9.86 Å². The molecule has 4 heteroatoms. The Morgan fingerprint density at radius 1 is 1.21 bits per heavy atom. The third kappa shape index (κ3) is 2.47. The zero-order valence-corrected chi connectivity index (χ0v) is 12.3. The third-order valence-corrected chi connectivity index (χ3v) is 4.16. The fourth-order valence-electron chi connectivity index (χ4n) is 2.55. The van der Waals surface area contributed by atoms with Crippen LogP contribution in [-0.4, -0.2) is 13.2 Å². The standard InChI is InChI=1S/C15H15BrO3/c1-9-6-11-13(17)8-14(10-2-4-18-5-3-10)19-15(11)12(16)7-9/h6-8,10H,2-5H2,1H3. The smallest absolute Gasteiger partial charge is 0.193 e. The zero-order valence-electron chi connectivity index (χ0n) is 10.7. The van der Waals surface area contributed by atoms with Crippen molar-refractivity contribution in [3.05, 3.63) is 44.2 Å². The van der Waals surface area contributed by atoms with Crippen LogP contribution in [0.1, 0.15) is 30.1 Å². The van der Waals surface area contributed by atoms with Crippen molar-refractivity contribution in [2.45, 2.75) is 25.7 Å². The van der Waals surface area contributed by atoms with Gasteiger partial charge in [-0.15, -0.1) is 0 Å². The summed E-state index contributed by atoms with van der Waals surface area (Å²) >= 11 is 3.48. The van der Waals surface area contributed by atoms with Crippen molar-refractivity contribution in [2.24, 2.45) is 0 Å². The Balaban J connectivity index is 2.15. The minimum absolute atomic E-state index is 0.0344. The summed E-state index contributed by atoms with van der Waals surface area (Å²) in [6.07, 6.45) is 1.83. The van der Waals surface area contributed by atoms with Crippen LogP contribution in [0.2, 0.25) is 0 Å². The fourth-order valence-corrected chi connectivity index (χ4v) is 3.21. The van der Waals surface area contributed by atoms with Gasteiger partial charge in [0.2, 0.25) is 0 Å². The first-order valence-corrected chi connectivity index (χ1v) is 7.26. The van der Waals surface area contributed by atoms with Crippen LogP contribution in [0, 0.1) is 6.92 Å². The largest absolute Gasteiger partial charge is 0.459 e. The predicted octanol–water partition coefficient (Wildman–Crippen LogP) is 3.76. The maximum absolute atomic E-state index is 12.2. The first kappa shape index (κ1) is 12.9. The van der Waals surface area contributed by atoms with Gasteiger partial charge in [0.15, 0.2) is 11.0 Å². The summed E-state index contributed by atoms with van der Waals surface area (Å²) in [5.41, 5.74) is 1.73. The van der Waals surface area contributed by atoms with Crippen molar-refractivity contribution in [1.82, 2.24) is 0 Å². The third-order valence-electron chi connectivity index (χ3n) is 3.57. The summed E-state index contributed by atoms with van der Waals surface area (Å²) in [5.74, 6) is 1.07. The Bertz CT molecular complexity index is 669. The fraction of sp³-hybridized carbons (Fsp3) is 0.400. The van der Waals surface area contributed by atoms with Crippen molar-refractivity contribution in [1.29, 1.82) is 0 Å². The van der Waals surface area contributed by atoms with Crippen LogP contribution in [0.15, 0.2) is 31.9 Å². The average molecular weight is 323 g/mol. The van der Waals surface area contributed by atoms with E-state index in [-0.39, 0.29) is 5.43 Å². The minimum atomic E-state index is 0.0344. The van der Waals surface area contributed by atoms with Crippen LogP contribution < -0.4 is 5.43 Å². The molecule has 0 atom stereocenters. The quantitative estimate of drug-likeness (QED) is 0.802. The maximum atomic E-state index is 12.2. The van der Waals surface area contributed by atoms with E-state index in [1.807, 2.05) is 19.1 Å². The Labute approximate surface area is 119 Å². The first-order valence-electron chi connectivity index (χ1n) is 6.47. The van der Waals surface area contributed by atoms with Crippen LogP contribution in [-0.2, 0) is 4.74 Å². The maximum Gasteiger partial charge on any atom is 0.193 e. The van der Waals surface area contributed by atoms with Gasteiger partial charge in [-0.25, -0.2) is 0 Å². The van der Waals surface area contributed by atoms with Gasteiger partial charge >= 0.3 is 0 Å². The number of fused-ring (bicyclic) bond motifs is 1. The second kappa shape index (κ2) is 5.10. The van der Waals surface area contributed by atoms with Gasteiger partial charge in [-0.05, 0) is 53.4 Å². The number of hydrogen-bond acceptors (Lipinski definition) is 3. The van der Waals surface area contributed by atoms with E-state index in [2.05, 4.69) is 15.9 Å². The second-order valence-corrected chi connectivity index (χ2v) is 5.88. The van der Waals surface area contributed by atoms with E-state index < -0.39 is 0 Å². The molecule has 1 aliphatic rings. The van der Waals surface area contributed by atoms with E-state index in [1.165, 1.54) is 0 Å². The van der Waals surface area contributed by atoms with E-state index in [0.717, 1.165) is 41.9 Å². The molecule has 0 saturated carbocycles.